The molecule has 0 bridgehead atoms. The first-order valence-electron chi connectivity index (χ1n) is 6.14. The lowest BCUT2D eigenvalue weighted by molar-refractivity contribution is 0.0941. The third kappa shape index (κ3) is 2.77. The first-order valence-corrected chi connectivity index (χ1v) is 7.37. The van der Waals surface area contributed by atoms with E-state index >= 15 is 0 Å². The maximum Gasteiger partial charge on any atom is 0.273 e. The summed E-state index contributed by atoms with van der Waals surface area (Å²) < 4.78 is 0.167. The van der Waals surface area contributed by atoms with E-state index in [1.807, 2.05) is 11.8 Å². The average Bonchev–Trinajstić information content (AvgIpc) is 2.86. The van der Waals surface area contributed by atoms with Gasteiger partial charge in [-0.05, 0) is 31.2 Å². The first-order chi connectivity index (χ1) is 8.67. The Kier molecular flexibility index (Phi) is 4.11. The van der Waals surface area contributed by atoms with Crippen LogP contribution in [0, 0.1) is 0 Å². The van der Waals surface area contributed by atoms with Crippen LogP contribution >= 0.6 is 11.8 Å². The normalized spacial score (nSPS) is 17.6. The molecular formula is C13H18N2O2S. The molecule has 0 spiro atoms. The van der Waals surface area contributed by atoms with Gasteiger partial charge in [0, 0.05) is 17.5 Å². The van der Waals surface area contributed by atoms with E-state index in [1.165, 1.54) is 25.1 Å². The number of nitrogens with one attached hydrogen (secondary N) is 1. The lowest BCUT2D eigenvalue weighted by Crippen LogP contribution is -2.38. The van der Waals surface area contributed by atoms with E-state index in [9.17, 15) is 9.90 Å². The Morgan fingerprint density at radius 1 is 1.56 bits per heavy atom. The summed E-state index contributed by atoms with van der Waals surface area (Å²) in [4.78, 5) is 15.8. The van der Waals surface area contributed by atoms with E-state index < -0.39 is 0 Å². The fourth-order valence-electron chi connectivity index (χ4n) is 2.37. The highest BCUT2D eigenvalue weighted by Gasteiger charge is 2.33. The van der Waals surface area contributed by atoms with Crippen molar-refractivity contribution in [2.75, 3.05) is 12.8 Å². The second-order valence-electron chi connectivity index (χ2n) is 4.65. The van der Waals surface area contributed by atoms with Gasteiger partial charge in [-0.1, -0.05) is 12.8 Å². The van der Waals surface area contributed by atoms with Gasteiger partial charge in [0.15, 0.2) is 5.69 Å². The van der Waals surface area contributed by atoms with Gasteiger partial charge in [0.2, 0.25) is 0 Å². The number of rotatable bonds is 4. The molecule has 1 saturated carbocycles. The fraction of sp³-hybridized carbons (Fsp3) is 0.538. The highest BCUT2D eigenvalue weighted by molar-refractivity contribution is 8.00. The van der Waals surface area contributed by atoms with Crippen molar-refractivity contribution < 1.29 is 9.90 Å². The maximum atomic E-state index is 11.9. The lowest BCUT2D eigenvalue weighted by Gasteiger charge is -2.26. The Morgan fingerprint density at radius 3 is 2.89 bits per heavy atom. The van der Waals surface area contributed by atoms with Crippen LogP contribution in [0.1, 0.15) is 36.2 Å². The number of amides is 1. The molecule has 0 aromatic carbocycles. The second-order valence-corrected chi connectivity index (χ2v) is 5.92. The largest absolute Gasteiger partial charge is 0.505 e. The monoisotopic (exact) mass is 266 g/mol. The molecule has 0 radical (unpaired) electrons. The molecule has 1 aliphatic carbocycles. The van der Waals surface area contributed by atoms with E-state index in [2.05, 4.69) is 16.6 Å². The summed E-state index contributed by atoms with van der Waals surface area (Å²) in [6, 6.07) is 3.08. The van der Waals surface area contributed by atoms with Gasteiger partial charge < -0.3 is 10.4 Å². The van der Waals surface area contributed by atoms with Crippen molar-refractivity contribution in [2.24, 2.45) is 0 Å². The molecule has 1 aromatic heterocycles. The van der Waals surface area contributed by atoms with Crippen molar-refractivity contribution in [1.29, 1.82) is 0 Å². The average molecular weight is 266 g/mol. The molecule has 1 aliphatic rings. The molecule has 1 fully saturated rings. The predicted molar refractivity (Wildman–Crippen MR) is 72.9 cm³/mol. The van der Waals surface area contributed by atoms with Crippen molar-refractivity contribution >= 4 is 17.7 Å². The van der Waals surface area contributed by atoms with Crippen molar-refractivity contribution in [2.45, 2.75) is 30.4 Å². The molecular weight excluding hydrogens is 248 g/mol. The van der Waals surface area contributed by atoms with E-state index in [0.717, 1.165) is 12.8 Å². The molecule has 2 rings (SSSR count). The van der Waals surface area contributed by atoms with Gasteiger partial charge in [0.05, 0.1) is 0 Å². The van der Waals surface area contributed by atoms with E-state index in [1.54, 1.807) is 6.07 Å². The molecule has 0 atom stereocenters. The third-order valence-electron chi connectivity index (χ3n) is 3.52. The summed E-state index contributed by atoms with van der Waals surface area (Å²) in [5, 5.41) is 12.5. The number of aromatic hydroxyl groups is 1. The van der Waals surface area contributed by atoms with E-state index in [0.29, 0.717) is 6.54 Å². The van der Waals surface area contributed by atoms with Crippen LogP contribution in [0.5, 0.6) is 5.75 Å². The van der Waals surface area contributed by atoms with Gasteiger partial charge in [0.1, 0.15) is 5.75 Å². The number of pyridine rings is 1. The van der Waals surface area contributed by atoms with Gasteiger partial charge in [0.25, 0.3) is 5.91 Å². The van der Waals surface area contributed by atoms with E-state index in [4.69, 9.17) is 0 Å². The van der Waals surface area contributed by atoms with Crippen LogP contribution in [-0.2, 0) is 0 Å². The van der Waals surface area contributed by atoms with Crippen molar-refractivity contribution in [1.82, 2.24) is 10.3 Å². The number of nitrogens with zero attached hydrogens (tertiary/aromatic N) is 1. The molecule has 2 N–H and O–H groups in total. The summed E-state index contributed by atoms with van der Waals surface area (Å²) in [5.74, 6) is -0.368. The topological polar surface area (TPSA) is 62.2 Å². The standard InChI is InChI=1S/C13H18N2O2S/c1-18-13(6-2-3-7-13)9-15-12(17)11-10(16)5-4-8-14-11/h4-5,8,16H,2-3,6-7,9H2,1H3,(H,15,17). The molecule has 1 amide bonds. The van der Waals surface area contributed by atoms with Gasteiger partial charge in [-0.2, -0.15) is 11.8 Å². The van der Waals surface area contributed by atoms with Gasteiger partial charge in [-0.3, -0.25) is 4.79 Å². The summed E-state index contributed by atoms with van der Waals surface area (Å²) in [5.41, 5.74) is 0.103. The van der Waals surface area contributed by atoms with Crippen molar-refractivity contribution in [3.05, 3.63) is 24.0 Å². The number of hydrogen-bond acceptors (Lipinski definition) is 4. The van der Waals surface area contributed by atoms with Crippen LogP contribution in [0.3, 0.4) is 0 Å². The zero-order chi connectivity index (χ0) is 13.0. The molecule has 4 nitrogen and oxygen atoms in total. The zero-order valence-electron chi connectivity index (χ0n) is 10.5. The second kappa shape index (κ2) is 5.61. The summed E-state index contributed by atoms with van der Waals surface area (Å²) in [6.45, 7) is 0.642. The SMILES string of the molecule is CSC1(CNC(=O)c2ncccc2O)CCCC1. The summed E-state index contributed by atoms with van der Waals surface area (Å²) >= 11 is 1.82. The molecule has 1 aromatic rings. The van der Waals surface area contributed by atoms with Crippen LogP contribution in [0.4, 0.5) is 0 Å². The summed E-state index contributed by atoms with van der Waals surface area (Å²) in [7, 11) is 0. The Bertz CT molecular complexity index is 431. The Balaban J connectivity index is 1.98. The fourth-order valence-corrected chi connectivity index (χ4v) is 3.28. The Hall–Kier alpha value is -1.23. The smallest absolute Gasteiger partial charge is 0.273 e. The van der Waals surface area contributed by atoms with Crippen LogP contribution in [-0.4, -0.2) is 33.5 Å². The van der Waals surface area contributed by atoms with Crippen LogP contribution in [0.25, 0.3) is 0 Å². The van der Waals surface area contributed by atoms with Crippen molar-refractivity contribution in [3.63, 3.8) is 0 Å². The number of thioether (sulfide) groups is 1. The minimum atomic E-state index is -0.298. The molecule has 98 valence electrons. The Morgan fingerprint density at radius 2 is 2.28 bits per heavy atom. The van der Waals surface area contributed by atoms with E-state index in [-0.39, 0.29) is 22.1 Å². The molecule has 0 unspecified atom stereocenters. The predicted octanol–water partition coefficient (Wildman–Crippen LogP) is 2.19. The molecule has 0 saturated heterocycles. The maximum absolute atomic E-state index is 11.9. The van der Waals surface area contributed by atoms with Gasteiger partial charge in [-0.15, -0.1) is 0 Å². The number of carbonyl (C=O) groups excluding carboxylic acids is 1. The summed E-state index contributed by atoms with van der Waals surface area (Å²) in [6.07, 6.45) is 8.34. The molecule has 1 heterocycles. The molecule has 18 heavy (non-hydrogen) atoms. The minimum absolute atomic E-state index is 0.0698. The molecule has 5 heteroatoms. The van der Waals surface area contributed by atoms with Crippen LogP contribution < -0.4 is 5.32 Å². The number of carbonyl (C=O) groups is 1. The molecule has 0 aliphatic heterocycles. The lowest BCUT2D eigenvalue weighted by atomic mass is 10.1. The van der Waals surface area contributed by atoms with Crippen LogP contribution in [0.15, 0.2) is 18.3 Å². The number of hydrogen-bond donors (Lipinski definition) is 2. The third-order valence-corrected chi connectivity index (χ3v) is 4.94. The highest BCUT2D eigenvalue weighted by Crippen LogP contribution is 2.39. The number of aromatic nitrogens is 1. The van der Waals surface area contributed by atoms with Crippen molar-refractivity contribution in [3.8, 4) is 5.75 Å². The van der Waals surface area contributed by atoms with Crippen LogP contribution in [0.2, 0.25) is 0 Å². The first kappa shape index (κ1) is 13.2. The van der Waals surface area contributed by atoms with Gasteiger partial charge in [-0.25, -0.2) is 4.98 Å². The van der Waals surface area contributed by atoms with Gasteiger partial charge >= 0.3 is 0 Å². The Labute approximate surface area is 111 Å². The highest BCUT2D eigenvalue weighted by atomic mass is 32.2. The minimum Gasteiger partial charge on any atom is -0.505 e. The zero-order valence-corrected chi connectivity index (χ0v) is 11.3. The quantitative estimate of drug-likeness (QED) is 0.877.